The SMILES string of the molecule is O=C(COc1ccccc1F)NNC(=O)c1ccc(Cl)cc1. The van der Waals surface area contributed by atoms with E-state index in [2.05, 4.69) is 10.9 Å². The Labute approximate surface area is 131 Å². The van der Waals surface area contributed by atoms with Crippen LogP contribution >= 0.6 is 11.6 Å². The van der Waals surface area contributed by atoms with E-state index in [0.29, 0.717) is 10.6 Å². The van der Waals surface area contributed by atoms with Crippen LogP contribution in [0, 0.1) is 5.82 Å². The van der Waals surface area contributed by atoms with E-state index in [0.717, 1.165) is 0 Å². The quantitative estimate of drug-likeness (QED) is 0.849. The van der Waals surface area contributed by atoms with E-state index in [1.54, 1.807) is 18.2 Å². The molecule has 0 aliphatic rings. The predicted molar refractivity (Wildman–Crippen MR) is 79.0 cm³/mol. The monoisotopic (exact) mass is 322 g/mol. The Kier molecular flexibility index (Phi) is 5.32. The Bertz CT molecular complexity index is 677. The summed E-state index contributed by atoms with van der Waals surface area (Å²) in [5, 5.41) is 0.499. The summed E-state index contributed by atoms with van der Waals surface area (Å²) in [6.07, 6.45) is 0. The zero-order valence-electron chi connectivity index (χ0n) is 11.3. The van der Waals surface area contributed by atoms with Gasteiger partial charge in [-0.15, -0.1) is 0 Å². The second-order valence-corrected chi connectivity index (χ2v) is 4.66. The molecular formula is C15H12ClFN2O3. The number of benzene rings is 2. The van der Waals surface area contributed by atoms with Crippen molar-refractivity contribution >= 4 is 23.4 Å². The van der Waals surface area contributed by atoms with Crippen LogP contribution in [0.25, 0.3) is 0 Å². The first-order valence-electron chi connectivity index (χ1n) is 6.28. The smallest absolute Gasteiger partial charge is 0.276 e. The number of rotatable bonds is 4. The fourth-order valence-electron chi connectivity index (χ4n) is 1.54. The molecule has 2 rings (SSSR count). The van der Waals surface area contributed by atoms with Gasteiger partial charge in [-0.3, -0.25) is 20.4 Å². The first-order valence-corrected chi connectivity index (χ1v) is 6.66. The molecule has 0 atom stereocenters. The van der Waals surface area contributed by atoms with Crippen LogP contribution in [-0.4, -0.2) is 18.4 Å². The number of halogens is 2. The van der Waals surface area contributed by atoms with Gasteiger partial charge in [0.25, 0.3) is 11.8 Å². The molecule has 0 aliphatic carbocycles. The number of hydrogen-bond acceptors (Lipinski definition) is 3. The van der Waals surface area contributed by atoms with Crippen molar-refractivity contribution in [2.45, 2.75) is 0 Å². The molecule has 0 saturated heterocycles. The molecule has 0 spiro atoms. The Morgan fingerprint density at radius 1 is 1.05 bits per heavy atom. The van der Waals surface area contributed by atoms with Gasteiger partial charge in [-0.2, -0.15) is 0 Å². The van der Waals surface area contributed by atoms with Crippen molar-refractivity contribution in [2.24, 2.45) is 0 Å². The molecule has 0 saturated carbocycles. The maximum absolute atomic E-state index is 13.3. The molecule has 2 aromatic rings. The highest BCUT2D eigenvalue weighted by Crippen LogP contribution is 2.14. The lowest BCUT2D eigenvalue weighted by Crippen LogP contribution is -2.43. The van der Waals surface area contributed by atoms with Crippen LogP contribution in [0.4, 0.5) is 4.39 Å². The molecule has 0 aromatic heterocycles. The molecule has 0 bridgehead atoms. The average Bonchev–Trinajstić information content (AvgIpc) is 2.52. The molecular weight excluding hydrogens is 311 g/mol. The Hall–Kier alpha value is -2.60. The zero-order valence-corrected chi connectivity index (χ0v) is 12.1. The third-order valence-corrected chi connectivity index (χ3v) is 2.87. The maximum Gasteiger partial charge on any atom is 0.276 e. The highest BCUT2D eigenvalue weighted by atomic mass is 35.5. The van der Waals surface area contributed by atoms with Crippen molar-refractivity contribution in [3.05, 3.63) is 64.9 Å². The van der Waals surface area contributed by atoms with E-state index in [1.165, 1.54) is 30.3 Å². The van der Waals surface area contributed by atoms with Crippen LogP contribution in [-0.2, 0) is 4.79 Å². The minimum absolute atomic E-state index is 0.0401. The summed E-state index contributed by atoms with van der Waals surface area (Å²) in [5.74, 6) is -1.73. The highest BCUT2D eigenvalue weighted by Gasteiger charge is 2.09. The lowest BCUT2D eigenvalue weighted by Gasteiger charge is -2.09. The zero-order chi connectivity index (χ0) is 15.9. The molecule has 0 heterocycles. The molecule has 0 unspecified atom stereocenters. The first-order chi connectivity index (χ1) is 10.6. The number of hydrogen-bond donors (Lipinski definition) is 2. The van der Waals surface area contributed by atoms with Gasteiger partial charge in [-0.05, 0) is 36.4 Å². The van der Waals surface area contributed by atoms with Crippen LogP contribution in [0.5, 0.6) is 5.75 Å². The third kappa shape index (κ3) is 4.46. The molecule has 0 fully saturated rings. The fraction of sp³-hybridized carbons (Fsp3) is 0.0667. The molecule has 0 aliphatic heterocycles. The van der Waals surface area contributed by atoms with E-state index >= 15 is 0 Å². The second kappa shape index (κ2) is 7.42. The lowest BCUT2D eigenvalue weighted by atomic mass is 10.2. The van der Waals surface area contributed by atoms with E-state index < -0.39 is 24.2 Å². The van der Waals surface area contributed by atoms with Crippen LogP contribution in [0.3, 0.4) is 0 Å². The normalized spacial score (nSPS) is 9.91. The lowest BCUT2D eigenvalue weighted by molar-refractivity contribution is -0.123. The standard InChI is InChI=1S/C15H12ClFN2O3/c16-11-7-5-10(6-8-11)15(21)19-18-14(20)9-22-13-4-2-1-3-12(13)17/h1-8H,9H2,(H,18,20)(H,19,21). The largest absolute Gasteiger partial charge is 0.481 e. The maximum atomic E-state index is 13.3. The summed E-state index contributed by atoms with van der Waals surface area (Å²) >= 11 is 5.71. The van der Waals surface area contributed by atoms with Crippen molar-refractivity contribution in [1.82, 2.24) is 10.9 Å². The summed E-state index contributed by atoms with van der Waals surface area (Å²) in [6, 6.07) is 11.8. The molecule has 2 amide bonds. The number of ether oxygens (including phenoxy) is 1. The van der Waals surface area contributed by atoms with Crippen molar-refractivity contribution in [3.63, 3.8) is 0 Å². The number of amides is 2. The Morgan fingerprint density at radius 2 is 1.73 bits per heavy atom. The highest BCUT2D eigenvalue weighted by molar-refractivity contribution is 6.30. The van der Waals surface area contributed by atoms with Crippen LogP contribution < -0.4 is 15.6 Å². The molecule has 5 nitrogen and oxygen atoms in total. The van der Waals surface area contributed by atoms with Gasteiger partial charge in [0.1, 0.15) is 0 Å². The summed E-state index contributed by atoms with van der Waals surface area (Å²) in [5.41, 5.74) is 4.71. The minimum atomic E-state index is -0.620. The van der Waals surface area contributed by atoms with Gasteiger partial charge in [0.2, 0.25) is 0 Å². The van der Waals surface area contributed by atoms with Crippen LogP contribution in [0.2, 0.25) is 5.02 Å². The van der Waals surface area contributed by atoms with E-state index in [-0.39, 0.29) is 5.75 Å². The molecule has 114 valence electrons. The Morgan fingerprint density at radius 3 is 2.41 bits per heavy atom. The molecule has 2 N–H and O–H groups in total. The van der Waals surface area contributed by atoms with Gasteiger partial charge < -0.3 is 4.74 Å². The number of hydrazine groups is 1. The van der Waals surface area contributed by atoms with E-state index in [9.17, 15) is 14.0 Å². The molecule has 22 heavy (non-hydrogen) atoms. The van der Waals surface area contributed by atoms with Crippen molar-refractivity contribution in [1.29, 1.82) is 0 Å². The minimum Gasteiger partial charge on any atom is -0.481 e. The van der Waals surface area contributed by atoms with Gasteiger partial charge >= 0.3 is 0 Å². The van der Waals surface area contributed by atoms with Crippen molar-refractivity contribution in [3.8, 4) is 5.75 Å². The first kappa shape index (κ1) is 15.8. The van der Waals surface area contributed by atoms with Crippen molar-refractivity contribution in [2.75, 3.05) is 6.61 Å². The average molecular weight is 323 g/mol. The fourth-order valence-corrected chi connectivity index (χ4v) is 1.67. The predicted octanol–water partition coefficient (Wildman–Crippen LogP) is 2.32. The summed E-state index contributed by atoms with van der Waals surface area (Å²) in [6.45, 7) is -0.429. The van der Waals surface area contributed by atoms with Gasteiger partial charge in [0.05, 0.1) is 0 Å². The van der Waals surface area contributed by atoms with Crippen LogP contribution in [0.1, 0.15) is 10.4 Å². The number of carbonyl (C=O) groups is 2. The van der Waals surface area contributed by atoms with E-state index in [4.69, 9.17) is 16.3 Å². The van der Waals surface area contributed by atoms with Gasteiger partial charge in [-0.1, -0.05) is 23.7 Å². The topological polar surface area (TPSA) is 67.4 Å². The Balaban J connectivity index is 1.79. The second-order valence-electron chi connectivity index (χ2n) is 4.23. The molecule has 0 radical (unpaired) electrons. The number of para-hydroxylation sites is 1. The van der Waals surface area contributed by atoms with Crippen molar-refractivity contribution < 1.29 is 18.7 Å². The number of carbonyl (C=O) groups excluding carboxylic acids is 2. The third-order valence-electron chi connectivity index (χ3n) is 2.62. The summed E-state index contributed by atoms with van der Waals surface area (Å²) in [4.78, 5) is 23.2. The summed E-state index contributed by atoms with van der Waals surface area (Å²) < 4.78 is 18.3. The number of nitrogens with one attached hydrogen (secondary N) is 2. The van der Waals surface area contributed by atoms with Crippen LogP contribution in [0.15, 0.2) is 48.5 Å². The summed E-state index contributed by atoms with van der Waals surface area (Å²) in [7, 11) is 0. The van der Waals surface area contributed by atoms with Gasteiger partial charge in [-0.25, -0.2) is 4.39 Å². The van der Waals surface area contributed by atoms with Gasteiger partial charge in [0, 0.05) is 10.6 Å². The van der Waals surface area contributed by atoms with Gasteiger partial charge in [0.15, 0.2) is 18.2 Å². The van der Waals surface area contributed by atoms with E-state index in [1.807, 2.05) is 0 Å². The molecule has 2 aromatic carbocycles. The molecule has 7 heteroatoms.